The lowest BCUT2D eigenvalue weighted by molar-refractivity contribution is 0.103. The highest BCUT2D eigenvalue weighted by atomic mass is 35.5. The second-order valence-corrected chi connectivity index (χ2v) is 15.2. The summed E-state index contributed by atoms with van der Waals surface area (Å²) in [5.74, 6) is -0.883. The number of nitrogens with two attached hydrogens (primary N) is 2. The number of carbonyl (C=O) groups excluding carboxylic acids is 2. The summed E-state index contributed by atoms with van der Waals surface area (Å²) in [6, 6.07) is 36.7. The highest BCUT2D eigenvalue weighted by molar-refractivity contribution is 7.89. The normalized spacial score (nSPS) is 11.0. The molecule has 0 unspecified atom stereocenters. The maximum atomic E-state index is 13.0. The molecule has 6 rings (SSSR count). The molecule has 0 bridgehead atoms. The first kappa shape index (κ1) is 41.0. The van der Waals surface area contributed by atoms with E-state index in [4.69, 9.17) is 45.1 Å². The van der Waals surface area contributed by atoms with Gasteiger partial charge in [-0.3, -0.25) is 9.59 Å². The van der Waals surface area contributed by atoms with Gasteiger partial charge in [-0.1, -0.05) is 102 Å². The van der Waals surface area contributed by atoms with Gasteiger partial charge in [0.25, 0.3) is 5.24 Å². The molecule has 0 heterocycles. The van der Waals surface area contributed by atoms with Gasteiger partial charge in [-0.2, -0.15) is 0 Å². The van der Waals surface area contributed by atoms with E-state index in [9.17, 15) is 35.2 Å². The minimum atomic E-state index is -4.03. The minimum Gasteiger partial charge on any atom is -0.289 e. The molecule has 15 heteroatoms. The van der Waals surface area contributed by atoms with Crippen molar-refractivity contribution in [2.45, 2.75) is 9.79 Å². The van der Waals surface area contributed by atoms with Crippen molar-refractivity contribution < 1.29 is 35.2 Å². The van der Waals surface area contributed by atoms with Crippen molar-refractivity contribution in [3.05, 3.63) is 178 Å². The zero-order valence-electron chi connectivity index (χ0n) is 27.1. The van der Waals surface area contributed by atoms with E-state index in [1.54, 1.807) is 48.5 Å². The summed E-state index contributed by atoms with van der Waals surface area (Å²) < 4.78 is 70.6. The van der Waals surface area contributed by atoms with Crippen LogP contribution in [0.2, 0.25) is 10.0 Å². The third kappa shape index (κ3) is 11.6. The number of halogens is 5. The Balaban J connectivity index is 0.000000196. The standard InChI is InChI=1S/C19H13ClFNO3S.C12H9F.C7H5Cl2NO3S/c20-17-10-7-15(11-18(17)26(22,24)25)19(23)14-3-1-12(2-4-14)13-5-8-16(21)9-6-13;13-12-8-6-11(7-9-12)10-4-2-1-3-5-10;8-5-2-1-4(7(9)11)3-6(5)14(10,12)13/h1-11H,(H2,22,24,25);1-9H;1-3H,(H2,10,12,13). The van der Waals surface area contributed by atoms with E-state index in [1.807, 2.05) is 30.3 Å². The van der Waals surface area contributed by atoms with Crippen molar-refractivity contribution in [2.24, 2.45) is 10.3 Å². The highest BCUT2D eigenvalue weighted by Crippen LogP contribution is 2.25. The molecule has 6 aromatic carbocycles. The quantitative estimate of drug-likeness (QED) is 0.121. The number of hydrogen-bond acceptors (Lipinski definition) is 6. The Morgan fingerprint density at radius 2 is 0.811 bits per heavy atom. The SMILES string of the molecule is Fc1ccc(-c2ccccc2)cc1.NS(=O)(=O)c1cc(C(=O)Cl)ccc1Cl.NS(=O)(=O)c1cc(C(=O)c2ccc(-c3ccc(F)cc3)cc2)ccc1Cl. The molecule has 272 valence electrons. The van der Waals surface area contributed by atoms with E-state index in [2.05, 4.69) is 0 Å². The number of carbonyl (C=O) groups is 2. The van der Waals surface area contributed by atoms with Crippen LogP contribution in [-0.4, -0.2) is 27.9 Å². The Morgan fingerprint density at radius 1 is 0.472 bits per heavy atom. The number of benzene rings is 6. The Kier molecular flexibility index (Phi) is 13.8. The fourth-order valence-electron chi connectivity index (χ4n) is 4.60. The van der Waals surface area contributed by atoms with Crippen LogP contribution in [-0.2, 0) is 20.0 Å². The van der Waals surface area contributed by atoms with Gasteiger partial charge in [0.2, 0.25) is 20.0 Å². The molecule has 0 radical (unpaired) electrons. The Labute approximate surface area is 319 Å². The van der Waals surface area contributed by atoms with Crippen LogP contribution in [0.25, 0.3) is 22.3 Å². The van der Waals surface area contributed by atoms with Crippen molar-refractivity contribution in [1.29, 1.82) is 0 Å². The molecule has 6 aromatic rings. The molecule has 0 spiro atoms. The fraction of sp³-hybridized carbons (Fsp3) is 0. The van der Waals surface area contributed by atoms with E-state index in [0.717, 1.165) is 34.4 Å². The summed E-state index contributed by atoms with van der Waals surface area (Å²) in [5.41, 5.74) is 4.35. The smallest absolute Gasteiger partial charge is 0.252 e. The molecule has 0 amide bonds. The first-order chi connectivity index (χ1) is 24.9. The van der Waals surface area contributed by atoms with Crippen LogP contribution in [0.3, 0.4) is 0 Å². The van der Waals surface area contributed by atoms with E-state index >= 15 is 0 Å². The number of hydrogen-bond donors (Lipinski definition) is 2. The van der Waals surface area contributed by atoms with Gasteiger partial charge in [0.1, 0.15) is 21.4 Å². The average Bonchev–Trinajstić information content (AvgIpc) is 3.12. The minimum absolute atomic E-state index is 0.0279. The van der Waals surface area contributed by atoms with Gasteiger partial charge in [-0.15, -0.1) is 0 Å². The molecule has 0 aromatic heterocycles. The summed E-state index contributed by atoms with van der Waals surface area (Å²) >= 11 is 16.6. The van der Waals surface area contributed by atoms with Gasteiger partial charge in [0, 0.05) is 16.7 Å². The van der Waals surface area contributed by atoms with E-state index in [-0.39, 0.29) is 48.4 Å². The first-order valence-electron chi connectivity index (χ1n) is 15.0. The fourth-order valence-corrected chi connectivity index (χ4v) is 6.86. The van der Waals surface area contributed by atoms with Gasteiger partial charge >= 0.3 is 0 Å². The zero-order valence-corrected chi connectivity index (χ0v) is 31.0. The summed E-state index contributed by atoms with van der Waals surface area (Å²) in [6.07, 6.45) is 0. The molecule has 4 N–H and O–H groups in total. The summed E-state index contributed by atoms with van der Waals surface area (Å²) in [5, 5.41) is 9.11. The number of ketones is 1. The van der Waals surface area contributed by atoms with Gasteiger partial charge < -0.3 is 0 Å². The largest absolute Gasteiger partial charge is 0.289 e. The first-order valence-corrected chi connectivity index (χ1v) is 19.2. The van der Waals surface area contributed by atoms with Crippen molar-refractivity contribution in [3.63, 3.8) is 0 Å². The van der Waals surface area contributed by atoms with E-state index in [0.29, 0.717) is 5.56 Å². The highest BCUT2D eigenvalue weighted by Gasteiger charge is 2.18. The van der Waals surface area contributed by atoms with Crippen LogP contribution < -0.4 is 10.3 Å². The molecule has 0 aliphatic rings. The summed E-state index contributed by atoms with van der Waals surface area (Å²) in [7, 11) is -7.97. The Hall–Kier alpha value is -4.79. The summed E-state index contributed by atoms with van der Waals surface area (Å²) in [4.78, 5) is 22.7. The monoisotopic (exact) mass is 814 g/mol. The predicted octanol–water partition coefficient (Wildman–Crippen LogP) is 8.88. The number of sulfonamides is 2. The second kappa shape index (κ2) is 17.8. The molecule has 8 nitrogen and oxygen atoms in total. The molecule has 0 saturated carbocycles. The van der Waals surface area contributed by atoms with Gasteiger partial charge in [-0.25, -0.2) is 35.9 Å². The van der Waals surface area contributed by atoms with Crippen molar-refractivity contribution in [3.8, 4) is 22.3 Å². The lowest BCUT2D eigenvalue weighted by Crippen LogP contribution is -2.14. The van der Waals surface area contributed by atoms with Crippen LogP contribution in [0.5, 0.6) is 0 Å². The third-order valence-corrected chi connectivity index (χ3v) is 10.2. The number of rotatable bonds is 7. The second-order valence-electron chi connectivity index (χ2n) is 10.9. The zero-order chi connectivity index (χ0) is 38.9. The lowest BCUT2D eigenvalue weighted by Gasteiger charge is -2.07. The topological polar surface area (TPSA) is 154 Å². The van der Waals surface area contributed by atoms with Gasteiger partial charge in [0.15, 0.2) is 5.78 Å². The summed E-state index contributed by atoms with van der Waals surface area (Å²) in [6.45, 7) is 0. The Bertz CT molecular complexity index is 2470. The molecule has 0 aliphatic heterocycles. The van der Waals surface area contributed by atoms with E-state index < -0.39 is 25.3 Å². The van der Waals surface area contributed by atoms with Crippen LogP contribution >= 0.6 is 34.8 Å². The van der Waals surface area contributed by atoms with Crippen molar-refractivity contribution >= 4 is 65.9 Å². The molecular formula is C38H27Cl3F2N2O6S2. The Morgan fingerprint density at radius 3 is 1.21 bits per heavy atom. The molecule has 0 saturated heterocycles. The van der Waals surface area contributed by atoms with Crippen LogP contribution in [0, 0.1) is 11.6 Å². The van der Waals surface area contributed by atoms with Crippen molar-refractivity contribution in [1.82, 2.24) is 0 Å². The molecular weight excluding hydrogens is 789 g/mol. The molecule has 0 aliphatic carbocycles. The van der Waals surface area contributed by atoms with Crippen molar-refractivity contribution in [2.75, 3.05) is 0 Å². The van der Waals surface area contributed by atoms with Crippen LogP contribution in [0.1, 0.15) is 26.3 Å². The van der Waals surface area contributed by atoms with Gasteiger partial charge in [0.05, 0.1) is 10.0 Å². The maximum Gasteiger partial charge on any atom is 0.252 e. The van der Waals surface area contributed by atoms with E-state index in [1.165, 1.54) is 48.5 Å². The third-order valence-electron chi connectivity index (χ3n) is 7.24. The van der Waals surface area contributed by atoms with Crippen LogP contribution in [0.4, 0.5) is 8.78 Å². The van der Waals surface area contributed by atoms with Gasteiger partial charge in [-0.05, 0) is 94.5 Å². The molecule has 53 heavy (non-hydrogen) atoms. The lowest BCUT2D eigenvalue weighted by atomic mass is 9.99. The molecule has 0 atom stereocenters. The number of primary sulfonamides is 2. The van der Waals surface area contributed by atoms with Crippen LogP contribution in [0.15, 0.2) is 149 Å². The average molecular weight is 816 g/mol. The predicted molar refractivity (Wildman–Crippen MR) is 203 cm³/mol. The molecule has 0 fully saturated rings. The maximum absolute atomic E-state index is 13.0.